The van der Waals surface area contributed by atoms with E-state index in [4.69, 9.17) is 0 Å². The van der Waals surface area contributed by atoms with Crippen molar-refractivity contribution in [3.05, 3.63) is 70.8 Å². The molecule has 0 saturated heterocycles. The molecular weight excluding hydrogens is 374 g/mol. The Hall–Kier alpha value is -3.14. The second-order valence-electron chi connectivity index (χ2n) is 9.71. The molecule has 156 valence electrons. The molecule has 0 aliphatic rings. The van der Waals surface area contributed by atoms with Gasteiger partial charge in [-0.25, -0.2) is 4.79 Å². The molecule has 0 aromatic heterocycles. The fourth-order valence-electron chi connectivity index (χ4n) is 3.46. The number of nitrogens with zero attached hydrogens (tertiary/aromatic N) is 1. The van der Waals surface area contributed by atoms with Crippen molar-refractivity contribution in [3.63, 3.8) is 0 Å². The highest BCUT2D eigenvalue weighted by Crippen LogP contribution is 2.38. The van der Waals surface area contributed by atoms with Crippen LogP contribution in [0.15, 0.2) is 53.5 Å². The number of rotatable bonds is 3. The Morgan fingerprint density at radius 1 is 0.933 bits per heavy atom. The van der Waals surface area contributed by atoms with Crippen LogP contribution in [-0.2, 0) is 10.8 Å². The van der Waals surface area contributed by atoms with E-state index in [2.05, 4.69) is 46.5 Å². The maximum atomic E-state index is 11.8. The number of aliphatic imine (C=N–C) groups is 1. The van der Waals surface area contributed by atoms with Crippen molar-refractivity contribution in [1.29, 1.82) is 0 Å². The third-order valence-electron chi connectivity index (χ3n) is 5.28. The number of benzene rings is 3. The number of phenols is 1. The maximum Gasteiger partial charge on any atom is 0.337 e. The van der Waals surface area contributed by atoms with Gasteiger partial charge in [-0.1, -0.05) is 77.9 Å². The number of hydrogen-bond donors (Lipinski definition) is 2. The highest BCUT2D eigenvalue weighted by molar-refractivity contribution is 6.06. The van der Waals surface area contributed by atoms with Gasteiger partial charge in [0.1, 0.15) is 5.75 Å². The molecule has 3 aromatic carbocycles. The van der Waals surface area contributed by atoms with Crippen molar-refractivity contribution in [2.24, 2.45) is 4.99 Å². The fraction of sp³-hybridized carbons (Fsp3) is 0.308. The molecule has 0 heterocycles. The van der Waals surface area contributed by atoms with E-state index >= 15 is 0 Å². The van der Waals surface area contributed by atoms with Crippen LogP contribution in [0.5, 0.6) is 5.75 Å². The number of aromatic carboxylic acids is 1. The number of fused-ring (bicyclic) bond motifs is 1. The summed E-state index contributed by atoms with van der Waals surface area (Å²) in [4.78, 5) is 16.4. The molecule has 0 aliphatic carbocycles. The number of phenolic OH excluding ortho intramolecular Hbond substituents is 1. The molecule has 4 heteroatoms. The zero-order valence-corrected chi connectivity index (χ0v) is 18.4. The Balaban J connectivity index is 2.24. The second-order valence-corrected chi connectivity index (χ2v) is 9.71. The molecule has 0 spiro atoms. The van der Waals surface area contributed by atoms with Gasteiger partial charge < -0.3 is 10.2 Å². The molecule has 3 rings (SSSR count). The van der Waals surface area contributed by atoms with Crippen LogP contribution in [0, 0.1) is 0 Å². The highest BCUT2D eigenvalue weighted by Gasteiger charge is 2.24. The molecule has 0 atom stereocenters. The zero-order chi connectivity index (χ0) is 22.3. The minimum absolute atomic E-state index is 0.109. The predicted octanol–water partition coefficient (Wildman–Crippen LogP) is 6.59. The lowest BCUT2D eigenvalue weighted by molar-refractivity contribution is 0.0698. The summed E-state index contributed by atoms with van der Waals surface area (Å²) in [5.74, 6) is -0.854. The Morgan fingerprint density at radius 2 is 1.60 bits per heavy atom. The Kier molecular flexibility index (Phi) is 5.46. The van der Waals surface area contributed by atoms with Crippen molar-refractivity contribution >= 4 is 28.6 Å². The first-order valence-corrected chi connectivity index (χ1v) is 10.1. The molecule has 0 unspecified atom stereocenters. The van der Waals surface area contributed by atoms with Crippen LogP contribution in [0.25, 0.3) is 10.8 Å². The molecule has 4 nitrogen and oxygen atoms in total. The van der Waals surface area contributed by atoms with E-state index in [0.717, 1.165) is 21.9 Å². The molecule has 3 aromatic rings. The molecule has 30 heavy (non-hydrogen) atoms. The lowest BCUT2D eigenvalue weighted by Crippen LogP contribution is -2.17. The van der Waals surface area contributed by atoms with Gasteiger partial charge in [0.25, 0.3) is 0 Å². The number of hydrogen-bond acceptors (Lipinski definition) is 3. The van der Waals surface area contributed by atoms with Crippen molar-refractivity contribution in [1.82, 2.24) is 0 Å². The first-order chi connectivity index (χ1) is 13.9. The van der Waals surface area contributed by atoms with Gasteiger partial charge in [-0.3, -0.25) is 4.99 Å². The molecular formula is C26H29NO3. The number of aromatic hydroxyl groups is 1. The van der Waals surface area contributed by atoms with Crippen LogP contribution < -0.4 is 0 Å². The topological polar surface area (TPSA) is 69.9 Å². The van der Waals surface area contributed by atoms with E-state index < -0.39 is 5.97 Å². The minimum Gasteiger partial charge on any atom is -0.507 e. The van der Waals surface area contributed by atoms with Crippen LogP contribution in [0.3, 0.4) is 0 Å². The number of carbonyl (C=O) groups is 1. The quantitative estimate of drug-likeness (QED) is 0.485. The standard InChI is InChI=1S/C26H29NO3/c1-25(2,3)18-13-17(23(28)21(14-18)26(4,5)6)15-27-22-19-10-8-7-9-16(19)11-12-20(22)24(29)30/h7-15,28H,1-6H3,(H,29,30). The third-order valence-corrected chi connectivity index (χ3v) is 5.28. The zero-order valence-electron chi connectivity index (χ0n) is 18.4. The molecule has 0 aliphatic heterocycles. The van der Waals surface area contributed by atoms with Gasteiger partial charge >= 0.3 is 5.97 Å². The summed E-state index contributed by atoms with van der Waals surface area (Å²) >= 11 is 0. The third kappa shape index (κ3) is 4.23. The highest BCUT2D eigenvalue weighted by atomic mass is 16.4. The first-order valence-electron chi connectivity index (χ1n) is 10.1. The van der Waals surface area contributed by atoms with Gasteiger partial charge in [-0.05, 0) is 33.9 Å². The summed E-state index contributed by atoms with van der Waals surface area (Å²) in [6, 6.07) is 14.9. The van der Waals surface area contributed by atoms with Gasteiger partial charge in [0.15, 0.2) is 0 Å². The number of carboxylic acid groups (broad SMARTS) is 1. The van der Waals surface area contributed by atoms with Crippen LogP contribution in [0.2, 0.25) is 0 Å². The smallest absolute Gasteiger partial charge is 0.337 e. The largest absolute Gasteiger partial charge is 0.507 e. The van der Waals surface area contributed by atoms with Gasteiger partial charge in [0, 0.05) is 22.7 Å². The average Bonchev–Trinajstić information content (AvgIpc) is 2.64. The second kappa shape index (κ2) is 7.60. The van der Waals surface area contributed by atoms with Crippen molar-refractivity contribution in [2.45, 2.75) is 52.4 Å². The summed E-state index contributed by atoms with van der Waals surface area (Å²) in [6.45, 7) is 12.5. The molecule has 0 bridgehead atoms. The van der Waals surface area contributed by atoms with Gasteiger partial charge in [-0.2, -0.15) is 0 Å². The molecule has 0 radical (unpaired) electrons. The van der Waals surface area contributed by atoms with E-state index in [9.17, 15) is 15.0 Å². The van der Waals surface area contributed by atoms with Crippen LogP contribution >= 0.6 is 0 Å². The predicted molar refractivity (Wildman–Crippen MR) is 124 cm³/mol. The normalized spacial score (nSPS) is 12.6. The van der Waals surface area contributed by atoms with Crippen LogP contribution in [0.4, 0.5) is 5.69 Å². The monoisotopic (exact) mass is 403 g/mol. The maximum absolute atomic E-state index is 11.8. The summed E-state index contributed by atoms with van der Waals surface area (Å²) in [5.41, 5.74) is 2.67. The lowest BCUT2D eigenvalue weighted by Gasteiger charge is -2.27. The van der Waals surface area contributed by atoms with Gasteiger partial charge in [0.2, 0.25) is 0 Å². The first kappa shape index (κ1) is 21.6. The van der Waals surface area contributed by atoms with Crippen molar-refractivity contribution in [2.75, 3.05) is 0 Å². The van der Waals surface area contributed by atoms with E-state index in [1.165, 1.54) is 0 Å². The van der Waals surface area contributed by atoms with E-state index in [-0.39, 0.29) is 22.1 Å². The molecule has 2 N–H and O–H groups in total. The van der Waals surface area contributed by atoms with Crippen LogP contribution in [-0.4, -0.2) is 22.4 Å². The van der Waals surface area contributed by atoms with Gasteiger partial charge in [-0.15, -0.1) is 0 Å². The van der Waals surface area contributed by atoms with E-state index in [0.29, 0.717) is 11.3 Å². The Morgan fingerprint density at radius 3 is 2.20 bits per heavy atom. The van der Waals surface area contributed by atoms with E-state index in [1.807, 2.05) is 36.4 Å². The van der Waals surface area contributed by atoms with Crippen molar-refractivity contribution < 1.29 is 15.0 Å². The SMILES string of the molecule is CC(C)(C)c1cc(C=Nc2c(C(=O)O)ccc3ccccc23)c(O)c(C(C)(C)C)c1. The molecule has 0 saturated carbocycles. The summed E-state index contributed by atoms with van der Waals surface area (Å²) < 4.78 is 0. The minimum atomic E-state index is -1.03. The van der Waals surface area contributed by atoms with E-state index in [1.54, 1.807) is 18.3 Å². The summed E-state index contributed by atoms with van der Waals surface area (Å²) in [6.07, 6.45) is 1.58. The Labute approximate surface area is 177 Å². The molecule has 0 amide bonds. The lowest BCUT2D eigenvalue weighted by atomic mass is 9.79. The fourth-order valence-corrected chi connectivity index (χ4v) is 3.46. The summed E-state index contributed by atoms with van der Waals surface area (Å²) in [5, 5.41) is 22.3. The van der Waals surface area contributed by atoms with Crippen LogP contribution in [0.1, 0.15) is 68.6 Å². The Bertz CT molecular complexity index is 1150. The number of carboxylic acids is 1. The summed E-state index contributed by atoms with van der Waals surface area (Å²) in [7, 11) is 0. The molecule has 0 fully saturated rings. The average molecular weight is 404 g/mol. The van der Waals surface area contributed by atoms with Crippen molar-refractivity contribution in [3.8, 4) is 5.75 Å². The van der Waals surface area contributed by atoms with Gasteiger partial charge in [0.05, 0.1) is 11.3 Å².